The van der Waals surface area contributed by atoms with Gasteiger partial charge in [-0.15, -0.1) is 0 Å². The first-order valence-electron chi connectivity index (χ1n) is 7.28. The minimum Gasteiger partial charge on any atom is -0.343 e. The van der Waals surface area contributed by atoms with Crippen LogP contribution in [0.2, 0.25) is 0 Å². The van der Waals surface area contributed by atoms with Gasteiger partial charge in [-0.25, -0.2) is 9.97 Å². The van der Waals surface area contributed by atoms with Crippen molar-refractivity contribution in [1.82, 2.24) is 24.8 Å². The molecule has 1 unspecified atom stereocenters. The zero-order chi connectivity index (χ0) is 14.7. The maximum absolute atomic E-state index is 11.5. The van der Waals surface area contributed by atoms with Crippen molar-refractivity contribution in [2.45, 2.75) is 26.2 Å². The zero-order valence-corrected chi connectivity index (χ0v) is 12.1. The summed E-state index contributed by atoms with van der Waals surface area (Å²) in [5.41, 5.74) is 1.72. The number of carbonyl (C=O) groups is 1. The lowest BCUT2D eigenvalue weighted by Crippen LogP contribution is -2.39. The monoisotopic (exact) mass is 285 g/mol. The van der Waals surface area contributed by atoms with E-state index < -0.39 is 0 Å². The molecule has 3 rings (SSSR count). The van der Waals surface area contributed by atoms with Crippen LogP contribution in [0.15, 0.2) is 24.8 Å². The number of aromatic nitrogens is 4. The normalized spacial score (nSPS) is 18.7. The molecule has 1 atom stereocenters. The van der Waals surface area contributed by atoms with Crippen LogP contribution in [0.5, 0.6) is 0 Å². The minimum atomic E-state index is 0.162. The highest BCUT2D eigenvalue weighted by Crippen LogP contribution is 2.21. The first-order valence-corrected chi connectivity index (χ1v) is 7.28. The Morgan fingerprint density at radius 2 is 2.38 bits per heavy atom. The molecule has 6 nitrogen and oxygen atoms in total. The number of carbonyl (C=O) groups excluding carboxylic acids is 1. The second-order valence-corrected chi connectivity index (χ2v) is 5.51. The van der Waals surface area contributed by atoms with E-state index in [0.29, 0.717) is 5.92 Å². The number of likely N-dealkylation sites (tertiary alicyclic amines) is 1. The Morgan fingerprint density at radius 3 is 3.14 bits per heavy atom. The molecule has 1 fully saturated rings. The highest BCUT2D eigenvalue weighted by Gasteiger charge is 2.22. The van der Waals surface area contributed by atoms with Crippen LogP contribution in [0.1, 0.15) is 25.5 Å². The number of nitrogens with one attached hydrogen (secondary N) is 1. The summed E-state index contributed by atoms with van der Waals surface area (Å²) >= 11 is 0. The van der Waals surface area contributed by atoms with Crippen LogP contribution in [0.3, 0.4) is 0 Å². The molecule has 0 bridgehead atoms. The van der Waals surface area contributed by atoms with Crippen LogP contribution in [-0.4, -0.2) is 43.8 Å². The van der Waals surface area contributed by atoms with Gasteiger partial charge in [-0.2, -0.15) is 0 Å². The Labute approximate surface area is 123 Å². The number of piperidine rings is 1. The van der Waals surface area contributed by atoms with Gasteiger partial charge < -0.3 is 9.88 Å². The van der Waals surface area contributed by atoms with Crippen LogP contribution in [0.4, 0.5) is 0 Å². The maximum atomic E-state index is 11.5. The minimum absolute atomic E-state index is 0.162. The summed E-state index contributed by atoms with van der Waals surface area (Å²) < 4.78 is 0. The van der Waals surface area contributed by atoms with Gasteiger partial charge in [0.2, 0.25) is 5.91 Å². The summed E-state index contributed by atoms with van der Waals surface area (Å²) in [6, 6.07) is 0. The summed E-state index contributed by atoms with van der Waals surface area (Å²) in [6.45, 7) is 3.34. The van der Waals surface area contributed by atoms with E-state index in [2.05, 4.69) is 19.9 Å². The summed E-state index contributed by atoms with van der Waals surface area (Å²) in [6.07, 6.45) is 10.0. The average Bonchev–Trinajstić information content (AvgIpc) is 3.02. The summed E-state index contributed by atoms with van der Waals surface area (Å²) in [5.74, 6) is 1.36. The fraction of sp³-hybridized carbons (Fsp3) is 0.467. The van der Waals surface area contributed by atoms with Gasteiger partial charge in [-0.1, -0.05) is 0 Å². The first kappa shape index (κ1) is 13.7. The third kappa shape index (κ3) is 3.26. The number of hydrogen-bond acceptors (Lipinski definition) is 4. The van der Waals surface area contributed by atoms with E-state index >= 15 is 0 Å². The molecule has 2 aromatic rings. The summed E-state index contributed by atoms with van der Waals surface area (Å²) in [7, 11) is 0. The lowest BCUT2D eigenvalue weighted by molar-refractivity contribution is -0.130. The lowest BCUT2D eigenvalue weighted by Gasteiger charge is -2.31. The molecule has 0 aliphatic carbocycles. The van der Waals surface area contributed by atoms with Crippen LogP contribution < -0.4 is 0 Å². The topological polar surface area (TPSA) is 74.8 Å². The van der Waals surface area contributed by atoms with E-state index in [0.717, 1.165) is 49.6 Å². The van der Waals surface area contributed by atoms with Gasteiger partial charge >= 0.3 is 0 Å². The highest BCUT2D eigenvalue weighted by molar-refractivity contribution is 5.73. The number of rotatable bonds is 3. The molecule has 1 N–H and O–H groups in total. The smallest absolute Gasteiger partial charge is 0.219 e. The quantitative estimate of drug-likeness (QED) is 0.930. The molecule has 0 radical (unpaired) electrons. The third-order valence-corrected chi connectivity index (χ3v) is 3.89. The van der Waals surface area contributed by atoms with Crippen LogP contribution in [-0.2, 0) is 11.2 Å². The largest absolute Gasteiger partial charge is 0.343 e. The summed E-state index contributed by atoms with van der Waals surface area (Å²) in [4.78, 5) is 29.5. The van der Waals surface area contributed by atoms with E-state index in [4.69, 9.17) is 0 Å². The molecule has 3 heterocycles. The maximum Gasteiger partial charge on any atom is 0.219 e. The Balaban J connectivity index is 1.70. The fourth-order valence-electron chi connectivity index (χ4n) is 2.84. The van der Waals surface area contributed by atoms with Gasteiger partial charge in [-0.3, -0.25) is 9.78 Å². The molecule has 21 heavy (non-hydrogen) atoms. The van der Waals surface area contributed by atoms with Crippen molar-refractivity contribution in [3.05, 3.63) is 30.5 Å². The van der Waals surface area contributed by atoms with Gasteiger partial charge in [0.1, 0.15) is 5.69 Å². The lowest BCUT2D eigenvalue weighted by atomic mass is 9.93. The van der Waals surface area contributed by atoms with Gasteiger partial charge in [0.15, 0.2) is 5.82 Å². The molecule has 2 aromatic heterocycles. The van der Waals surface area contributed by atoms with Crippen LogP contribution in [0.25, 0.3) is 11.5 Å². The number of amides is 1. The van der Waals surface area contributed by atoms with Gasteiger partial charge in [0, 0.05) is 38.6 Å². The van der Waals surface area contributed by atoms with Crippen molar-refractivity contribution < 1.29 is 4.79 Å². The Kier molecular flexibility index (Phi) is 3.94. The van der Waals surface area contributed by atoms with Gasteiger partial charge in [-0.05, 0) is 25.2 Å². The van der Waals surface area contributed by atoms with E-state index in [1.807, 2.05) is 4.90 Å². The Bertz CT molecular complexity index is 610. The molecule has 6 heteroatoms. The van der Waals surface area contributed by atoms with E-state index in [1.54, 1.807) is 31.7 Å². The molecule has 0 aromatic carbocycles. The fourth-order valence-corrected chi connectivity index (χ4v) is 2.84. The Hall–Kier alpha value is -2.24. The van der Waals surface area contributed by atoms with E-state index in [1.165, 1.54) is 0 Å². The number of imidazole rings is 1. The molecular weight excluding hydrogens is 266 g/mol. The molecule has 1 aliphatic heterocycles. The van der Waals surface area contributed by atoms with Crippen molar-refractivity contribution in [2.75, 3.05) is 13.1 Å². The van der Waals surface area contributed by atoms with Crippen molar-refractivity contribution in [3.63, 3.8) is 0 Å². The number of aromatic amines is 1. The molecular formula is C15H19N5O. The third-order valence-electron chi connectivity index (χ3n) is 3.89. The number of nitrogens with zero attached hydrogens (tertiary/aromatic N) is 4. The number of hydrogen-bond donors (Lipinski definition) is 1. The SMILES string of the molecule is CC(=O)N1CCCC(Cc2cncc(-c3ncc[nH]3)n2)C1. The molecule has 1 amide bonds. The second kappa shape index (κ2) is 6.03. The van der Waals surface area contributed by atoms with Crippen molar-refractivity contribution in [1.29, 1.82) is 0 Å². The average molecular weight is 285 g/mol. The predicted molar refractivity (Wildman–Crippen MR) is 78.3 cm³/mol. The highest BCUT2D eigenvalue weighted by atomic mass is 16.2. The predicted octanol–water partition coefficient (Wildman–Crippen LogP) is 1.67. The molecule has 0 spiro atoms. The molecule has 1 aliphatic rings. The standard InChI is InChI=1S/C15H19N5O/c1-11(21)20-6-2-3-12(10-20)7-13-8-16-9-14(19-13)15-17-4-5-18-15/h4-5,8-9,12H,2-3,6-7,10H2,1H3,(H,17,18). The van der Waals surface area contributed by atoms with E-state index in [-0.39, 0.29) is 5.91 Å². The molecule has 0 saturated carbocycles. The zero-order valence-electron chi connectivity index (χ0n) is 12.1. The van der Waals surface area contributed by atoms with Gasteiger partial charge in [0.25, 0.3) is 0 Å². The van der Waals surface area contributed by atoms with Crippen molar-refractivity contribution in [3.8, 4) is 11.5 Å². The van der Waals surface area contributed by atoms with Crippen LogP contribution in [0, 0.1) is 5.92 Å². The van der Waals surface area contributed by atoms with Crippen molar-refractivity contribution >= 4 is 5.91 Å². The first-order chi connectivity index (χ1) is 10.2. The van der Waals surface area contributed by atoms with Gasteiger partial charge in [0.05, 0.1) is 11.9 Å². The number of H-pyrrole nitrogens is 1. The Morgan fingerprint density at radius 1 is 1.48 bits per heavy atom. The molecule has 110 valence electrons. The second-order valence-electron chi connectivity index (χ2n) is 5.51. The van der Waals surface area contributed by atoms with Crippen molar-refractivity contribution in [2.24, 2.45) is 5.92 Å². The van der Waals surface area contributed by atoms with Crippen LogP contribution >= 0.6 is 0 Å². The molecule has 1 saturated heterocycles. The summed E-state index contributed by atoms with van der Waals surface area (Å²) in [5, 5.41) is 0. The van der Waals surface area contributed by atoms with E-state index in [9.17, 15) is 4.79 Å².